The summed E-state index contributed by atoms with van der Waals surface area (Å²) in [6, 6.07) is 3.68. The molecule has 0 amide bonds. The Morgan fingerprint density at radius 2 is 2.13 bits per heavy atom. The van der Waals surface area contributed by atoms with Crippen LogP contribution in [0.25, 0.3) is 10.9 Å². The number of hydrogen-bond donors (Lipinski definition) is 2. The number of hydrogen-bond acceptors (Lipinski definition) is 2. The van der Waals surface area contributed by atoms with Crippen molar-refractivity contribution < 1.29 is 5.11 Å². The van der Waals surface area contributed by atoms with Gasteiger partial charge in [0, 0.05) is 18.6 Å². The molecule has 1 aromatic heterocycles. The van der Waals surface area contributed by atoms with Crippen molar-refractivity contribution in [2.75, 3.05) is 6.54 Å². The van der Waals surface area contributed by atoms with Crippen LogP contribution in [-0.4, -0.2) is 16.2 Å². The highest BCUT2D eigenvalue weighted by Gasteiger charge is 2.11. The second-order valence-electron chi connectivity index (χ2n) is 3.93. The lowest BCUT2D eigenvalue weighted by molar-refractivity contribution is 0.481. The first-order chi connectivity index (χ1) is 7.15. The number of fused-ring (bicyclic) bond motifs is 1. The lowest BCUT2D eigenvalue weighted by Gasteiger charge is -2.03. The molecule has 0 aliphatic rings. The van der Waals surface area contributed by atoms with Gasteiger partial charge in [-0.3, -0.25) is 0 Å². The Kier molecular flexibility index (Phi) is 2.40. The van der Waals surface area contributed by atoms with Crippen molar-refractivity contribution in [1.29, 1.82) is 0 Å². The minimum Gasteiger partial charge on any atom is -0.507 e. The predicted octanol–water partition coefficient (Wildman–Crippen LogP) is 1.69. The van der Waals surface area contributed by atoms with Crippen molar-refractivity contribution in [2.24, 2.45) is 12.8 Å². The van der Waals surface area contributed by atoms with E-state index < -0.39 is 0 Å². The van der Waals surface area contributed by atoms with E-state index >= 15 is 0 Å². The van der Waals surface area contributed by atoms with E-state index in [2.05, 4.69) is 4.57 Å². The lowest BCUT2D eigenvalue weighted by Crippen LogP contribution is -2.01. The van der Waals surface area contributed by atoms with Crippen molar-refractivity contribution in [3.8, 4) is 5.75 Å². The third-order valence-electron chi connectivity index (χ3n) is 2.79. The first-order valence-electron chi connectivity index (χ1n) is 5.11. The van der Waals surface area contributed by atoms with E-state index in [4.69, 9.17) is 5.73 Å². The van der Waals surface area contributed by atoms with Gasteiger partial charge in [0.25, 0.3) is 0 Å². The number of nitrogens with zero attached hydrogens (tertiary/aromatic N) is 1. The molecule has 3 heteroatoms. The number of rotatable bonds is 2. The molecule has 3 N–H and O–H groups in total. The SMILES string of the molecule is Cc1ccc(O)c2c(CCN)cn(C)c12. The number of aromatic hydroxyl groups is 1. The van der Waals surface area contributed by atoms with E-state index in [1.807, 2.05) is 26.2 Å². The molecule has 80 valence electrons. The van der Waals surface area contributed by atoms with Gasteiger partial charge in [0.1, 0.15) is 5.75 Å². The molecule has 2 rings (SSSR count). The van der Waals surface area contributed by atoms with E-state index in [1.54, 1.807) is 6.07 Å². The van der Waals surface area contributed by atoms with Crippen LogP contribution in [0.4, 0.5) is 0 Å². The largest absolute Gasteiger partial charge is 0.507 e. The molecule has 0 aliphatic carbocycles. The second-order valence-corrected chi connectivity index (χ2v) is 3.93. The summed E-state index contributed by atoms with van der Waals surface area (Å²) in [5, 5.41) is 10.8. The molecule has 0 radical (unpaired) electrons. The van der Waals surface area contributed by atoms with Crippen molar-refractivity contribution in [3.05, 3.63) is 29.5 Å². The minimum atomic E-state index is 0.347. The van der Waals surface area contributed by atoms with E-state index in [-0.39, 0.29) is 0 Å². The van der Waals surface area contributed by atoms with Crippen LogP contribution in [0.5, 0.6) is 5.75 Å². The summed E-state index contributed by atoms with van der Waals surface area (Å²) in [7, 11) is 1.99. The Balaban J connectivity index is 2.80. The topological polar surface area (TPSA) is 51.2 Å². The Labute approximate surface area is 89.1 Å². The van der Waals surface area contributed by atoms with Gasteiger partial charge in [-0.05, 0) is 37.1 Å². The maximum atomic E-state index is 9.86. The highest BCUT2D eigenvalue weighted by atomic mass is 16.3. The van der Waals surface area contributed by atoms with Crippen LogP contribution in [0.3, 0.4) is 0 Å². The smallest absolute Gasteiger partial charge is 0.125 e. The first kappa shape index (κ1) is 10.1. The Bertz CT molecular complexity index is 500. The van der Waals surface area contributed by atoms with Gasteiger partial charge in [0.05, 0.1) is 5.52 Å². The maximum Gasteiger partial charge on any atom is 0.125 e. The molecule has 0 spiro atoms. The van der Waals surface area contributed by atoms with Gasteiger partial charge >= 0.3 is 0 Å². The van der Waals surface area contributed by atoms with E-state index in [0.29, 0.717) is 12.3 Å². The fourth-order valence-electron chi connectivity index (χ4n) is 2.16. The Morgan fingerprint density at radius 3 is 2.80 bits per heavy atom. The molecule has 2 aromatic rings. The number of nitrogens with two attached hydrogens (primary N) is 1. The van der Waals surface area contributed by atoms with Gasteiger partial charge in [-0.25, -0.2) is 0 Å². The summed E-state index contributed by atoms with van der Waals surface area (Å²) in [5.41, 5.74) is 8.95. The zero-order chi connectivity index (χ0) is 11.0. The number of benzene rings is 1. The average molecular weight is 204 g/mol. The average Bonchev–Trinajstić information content (AvgIpc) is 2.51. The Morgan fingerprint density at radius 1 is 1.40 bits per heavy atom. The number of aryl methyl sites for hydroxylation is 2. The van der Waals surface area contributed by atoms with Gasteiger partial charge in [-0.2, -0.15) is 0 Å². The van der Waals surface area contributed by atoms with Crippen LogP contribution in [0.2, 0.25) is 0 Å². The zero-order valence-electron chi connectivity index (χ0n) is 9.12. The highest BCUT2D eigenvalue weighted by Crippen LogP contribution is 2.31. The number of phenolic OH excluding ortho intramolecular Hbond substituents is 1. The van der Waals surface area contributed by atoms with Crippen LogP contribution in [0.1, 0.15) is 11.1 Å². The normalized spacial score (nSPS) is 11.1. The lowest BCUT2D eigenvalue weighted by atomic mass is 10.1. The van der Waals surface area contributed by atoms with Gasteiger partial charge < -0.3 is 15.4 Å². The monoisotopic (exact) mass is 204 g/mol. The quantitative estimate of drug-likeness (QED) is 0.782. The molecule has 0 bridgehead atoms. The number of aromatic nitrogens is 1. The summed E-state index contributed by atoms with van der Waals surface area (Å²) in [6.07, 6.45) is 2.85. The fourth-order valence-corrected chi connectivity index (χ4v) is 2.16. The molecular weight excluding hydrogens is 188 g/mol. The second kappa shape index (κ2) is 3.59. The molecule has 0 aliphatic heterocycles. The van der Waals surface area contributed by atoms with E-state index in [9.17, 15) is 5.11 Å². The van der Waals surface area contributed by atoms with Crippen LogP contribution >= 0.6 is 0 Å². The standard InChI is InChI=1S/C12H16N2O/c1-8-3-4-10(15)11-9(5-6-13)7-14(2)12(8)11/h3-4,7,15H,5-6,13H2,1-2H3. The molecule has 0 atom stereocenters. The molecule has 0 fully saturated rings. The van der Waals surface area contributed by atoms with Gasteiger partial charge in [0.15, 0.2) is 0 Å². The molecule has 0 saturated carbocycles. The van der Waals surface area contributed by atoms with E-state index in [0.717, 1.165) is 22.9 Å². The number of phenols is 1. The summed E-state index contributed by atoms with van der Waals surface area (Å²) in [5.74, 6) is 0.347. The summed E-state index contributed by atoms with van der Waals surface area (Å²) < 4.78 is 2.05. The van der Waals surface area contributed by atoms with Crippen LogP contribution < -0.4 is 5.73 Å². The highest BCUT2D eigenvalue weighted by molar-refractivity contribution is 5.92. The summed E-state index contributed by atoms with van der Waals surface area (Å²) in [6.45, 7) is 2.65. The molecule has 1 heterocycles. The zero-order valence-corrected chi connectivity index (χ0v) is 9.12. The van der Waals surface area contributed by atoms with Crippen LogP contribution in [0.15, 0.2) is 18.3 Å². The summed E-state index contributed by atoms with van der Waals surface area (Å²) >= 11 is 0. The van der Waals surface area contributed by atoms with E-state index in [1.165, 1.54) is 5.56 Å². The third-order valence-corrected chi connectivity index (χ3v) is 2.79. The van der Waals surface area contributed by atoms with Gasteiger partial charge in [-0.15, -0.1) is 0 Å². The molecule has 0 saturated heterocycles. The van der Waals surface area contributed by atoms with Crippen molar-refractivity contribution in [3.63, 3.8) is 0 Å². The molecule has 3 nitrogen and oxygen atoms in total. The predicted molar refractivity (Wildman–Crippen MR) is 62.1 cm³/mol. The van der Waals surface area contributed by atoms with Crippen LogP contribution in [0, 0.1) is 6.92 Å². The molecular formula is C12H16N2O. The molecule has 15 heavy (non-hydrogen) atoms. The van der Waals surface area contributed by atoms with Crippen LogP contribution in [-0.2, 0) is 13.5 Å². The van der Waals surface area contributed by atoms with Gasteiger partial charge in [-0.1, -0.05) is 6.07 Å². The third kappa shape index (κ3) is 1.49. The maximum absolute atomic E-state index is 9.86. The van der Waals surface area contributed by atoms with Crippen molar-refractivity contribution in [1.82, 2.24) is 4.57 Å². The fraction of sp³-hybridized carbons (Fsp3) is 0.333. The Hall–Kier alpha value is -1.48. The molecule has 0 unspecified atom stereocenters. The summed E-state index contributed by atoms with van der Waals surface area (Å²) in [4.78, 5) is 0. The van der Waals surface area contributed by atoms with Crippen molar-refractivity contribution in [2.45, 2.75) is 13.3 Å². The first-order valence-corrected chi connectivity index (χ1v) is 5.11. The van der Waals surface area contributed by atoms with Gasteiger partial charge in [0.2, 0.25) is 0 Å². The minimum absolute atomic E-state index is 0.347. The molecule has 1 aromatic carbocycles. The van der Waals surface area contributed by atoms with Crippen molar-refractivity contribution >= 4 is 10.9 Å².